The smallest absolute Gasteiger partial charge is 0.303 e. The summed E-state index contributed by atoms with van der Waals surface area (Å²) in [5.41, 5.74) is 0.646. The lowest BCUT2D eigenvalue weighted by Gasteiger charge is -2.40. The first-order chi connectivity index (χ1) is 14.8. The Kier molecular flexibility index (Phi) is 7.45. The highest BCUT2D eigenvalue weighted by atomic mass is 32.2. The van der Waals surface area contributed by atoms with Crippen LogP contribution in [-0.4, -0.2) is 57.4 Å². The minimum atomic E-state index is -1.02. The molecule has 3 heterocycles. The first-order valence-corrected chi connectivity index (χ1v) is 10.6. The van der Waals surface area contributed by atoms with Gasteiger partial charge in [-0.25, -0.2) is 0 Å². The molecule has 1 saturated heterocycles. The number of aromatic nitrogens is 2. The molecule has 3 rings (SSSR count). The van der Waals surface area contributed by atoms with Gasteiger partial charge in [0.15, 0.2) is 23.7 Å². The molecule has 1 aliphatic heterocycles. The lowest BCUT2D eigenvalue weighted by atomic mass is 10.1. The van der Waals surface area contributed by atoms with Gasteiger partial charge in [-0.05, 0) is 24.3 Å². The summed E-state index contributed by atoms with van der Waals surface area (Å²) in [4.78, 5) is 43.4. The zero-order valence-electron chi connectivity index (χ0n) is 17.2. The molecule has 0 aromatic carbocycles. The summed E-state index contributed by atoms with van der Waals surface area (Å²) in [6.07, 6.45) is 2.12. The van der Waals surface area contributed by atoms with E-state index in [0.29, 0.717) is 11.4 Å². The van der Waals surface area contributed by atoms with Crippen LogP contribution < -0.4 is 4.74 Å². The second-order valence-corrected chi connectivity index (χ2v) is 7.83. The molecule has 0 radical (unpaired) electrons. The van der Waals surface area contributed by atoms with Crippen molar-refractivity contribution in [3.05, 3.63) is 42.9 Å². The van der Waals surface area contributed by atoms with Gasteiger partial charge in [-0.15, -0.1) is 11.8 Å². The van der Waals surface area contributed by atoms with Crippen LogP contribution in [0.3, 0.4) is 0 Å². The lowest BCUT2D eigenvalue weighted by Crippen LogP contribution is -2.55. The molecule has 0 N–H and O–H groups in total. The van der Waals surface area contributed by atoms with Crippen LogP contribution in [0.1, 0.15) is 20.8 Å². The van der Waals surface area contributed by atoms with Gasteiger partial charge in [0.2, 0.25) is 0 Å². The van der Waals surface area contributed by atoms with Gasteiger partial charge in [-0.3, -0.25) is 24.4 Å². The molecule has 1 fully saturated rings. The molecule has 0 unspecified atom stereocenters. The van der Waals surface area contributed by atoms with E-state index in [1.165, 1.54) is 32.5 Å². The van der Waals surface area contributed by atoms with Gasteiger partial charge in [0.1, 0.15) is 11.4 Å². The second kappa shape index (κ2) is 10.3. The molecule has 1 aliphatic rings. The number of rotatable bonds is 6. The number of carbonyl (C=O) groups excluding carboxylic acids is 3. The largest absolute Gasteiger partial charge is 0.473 e. The van der Waals surface area contributed by atoms with Crippen molar-refractivity contribution in [3.63, 3.8) is 0 Å². The Balaban J connectivity index is 1.92. The van der Waals surface area contributed by atoms with Crippen LogP contribution in [0.2, 0.25) is 0 Å². The first kappa shape index (κ1) is 22.5. The average molecular weight is 446 g/mol. The average Bonchev–Trinajstić information content (AvgIpc) is 2.72. The van der Waals surface area contributed by atoms with Gasteiger partial charge in [-0.1, -0.05) is 0 Å². The van der Waals surface area contributed by atoms with Crippen LogP contribution in [0.25, 0.3) is 11.3 Å². The molecule has 0 bridgehead atoms. The Bertz CT molecular complexity index is 940. The monoisotopic (exact) mass is 446 g/mol. The van der Waals surface area contributed by atoms with Gasteiger partial charge in [0.25, 0.3) is 0 Å². The van der Waals surface area contributed by atoms with E-state index in [9.17, 15) is 14.4 Å². The molecule has 10 heteroatoms. The fraction of sp³-hybridized carbons (Fsp3) is 0.381. The zero-order valence-corrected chi connectivity index (χ0v) is 18.0. The topological polar surface area (TPSA) is 114 Å². The van der Waals surface area contributed by atoms with E-state index in [0.717, 1.165) is 5.56 Å². The van der Waals surface area contributed by atoms with Crippen molar-refractivity contribution in [1.82, 2.24) is 9.97 Å². The van der Waals surface area contributed by atoms with Crippen molar-refractivity contribution >= 4 is 29.7 Å². The summed E-state index contributed by atoms with van der Waals surface area (Å²) >= 11 is 1.28. The molecule has 0 spiro atoms. The second-order valence-electron chi connectivity index (χ2n) is 6.70. The van der Waals surface area contributed by atoms with Crippen molar-refractivity contribution in [2.24, 2.45) is 0 Å². The van der Waals surface area contributed by atoms with E-state index in [-0.39, 0.29) is 5.75 Å². The molecule has 0 saturated carbocycles. The number of esters is 3. The predicted octanol–water partition coefficient (Wildman–Crippen LogP) is 2.39. The van der Waals surface area contributed by atoms with Crippen LogP contribution in [0.4, 0.5) is 0 Å². The van der Waals surface area contributed by atoms with Crippen molar-refractivity contribution < 1.29 is 33.3 Å². The van der Waals surface area contributed by atoms with E-state index in [1.807, 2.05) is 0 Å². The number of hydrogen-bond acceptors (Lipinski definition) is 10. The van der Waals surface area contributed by atoms with E-state index in [1.54, 1.807) is 42.9 Å². The third-order valence-corrected chi connectivity index (χ3v) is 5.49. The third-order valence-electron chi connectivity index (χ3n) is 4.27. The van der Waals surface area contributed by atoms with Gasteiger partial charge in [0, 0.05) is 50.7 Å². The van der Waals surface area contributed by atoms with Crippen LogP contribution in [0.5, 0.6) is 5.75 Å². The first-order valence-electron chi connectivity index (χ1n) is 9.50. The summed E-state index contributed by atoms with van der Waals surface area (Å²) < 4.78 is 22.3. The number of thioether (sulfide) groups is 1. The molecular formula is C21H22N2O7S. The van der Waals surface area contributed by atoms with Crippen molar-refractivity contribution in [2.45, 2.75) is 44.5 Å². The molecule has 31 heavy (non-hydrogen) atoms. The fourth-order valence-corrected chi connectivity index (χ4v) is 4.36. The molecular weight excluding hydrogens is 424 g/mol. The Hall–Kier alpha value is -3.14. The zero-order chi connectivity index (χ0) is 22.4. The number of carbonyl (C=O) groups is 3. The number of ether oxygens (including phenoxy) is 4. The van der Waals surface area contributed by atoms with Crippen molar-refractivity contribution in [2.75, 3.05) is 5.75 Å². The van der Waals surface area contributed by atoms with E-state index in [2.05, 4.69) is 9.97 Å². The summed E-state index contributed by atoms with van der Waals surface area (Å²) in [5, 5.41) is 0. The van der Waals surface area contributed by atoms with Crippen LogP contribution in [0, 0.1) is 0 Å². The van der Waals surface area contributed by atoms with Gasteiger partial charge >= 0.3 is 17.9 Å². The lowest BCUT2D eigenvalue weighted by molar-refractivity contribution is -0.186. The van der Waals surface area contributed by atoms with Gasteiger partial charge < -0.3 is 18.9 Å². The summed E-state index contributed by atoms with van der Waals surface area (Å²) in [5.74, 6) is -0.971. The van der Waals surface area contributed by atoms with Gasteiger partial charge in [-0.2, -0.15) is 0 Å². The number of hydrogen-bond donors (Lipinski definition) is 0. The Morgan fingerprint density at radius 3 is 2.19 bits per heavy atom. The van der Waals surface area contributed by atoms with Gasteiger partial charge in [0.05, 0.1) is 0 Å². The molecule has 2 aromatic rings. The summed E-state index contributed by atoms with van der Waals surface area (Å²) in [6.45, 7) is 3.74. The maximum absolute atomic E-state index is 11.8. The Morgan fingerprint density at radius 2 is 1.55 bits per heavy atom. The molecule has 0 amide bonds. The molecule has 164 valence electrons. The van der Waals surface area contributed by atoms with Crippen molar-refractivity contribution in [3.8, 4) is 17.0 Å². The standard InChI is InChI=1S/C21H22N2O7S/c1-12(24)27-17-11-31-21(20(29-14(3)26)19(17)28-13(2)25)30-16-5-4-8-23-18(16)15-6-9-22-10-7-15/h4-10,17,19-21H,11H2,1-3H3/t17-,19+,20-,21-/m1/s1. The molecule has 4 atom stereocenters. The molecule has 2 aromatic heterocycles. The quantitative estimate of drug-likeness (QED) is 0.484. The summed E-state index contributed by atoms with van der Waals surface area (Å²) in [6, 6.07) is 7.06. The molecule has 0 aliphatic carbocycles. The van der Waals surface area contributed by atoms with Crippen LogP contribution >= 0.6 is 11.8 Å². The van der Waals surface area contributed by atoms with E-state index >= 15 is 0 Å². The highest BCUT2D eigenvalue weighted by Crippen LogP contribution is 2.36. The predicted molar refractivity (Wildman–Crippen MR) is 111 cm³/mol. The maximum atomic E-state index is 11.8. The number of pyridine rings is 2. The van der Waals surface area contributed by atoms with Crippen LogP contribution in [0.15, 0.2) is 42.9 Å². The highest BCUT2D eigenvalue weighted by Gasteiger charge is 2.47. The normalized spacial score (nSPS) is 22.8. The number of nitrogens with zero attached hydrogens (tertiary/aromatic N) is 2. The minimum absolute atomic E-state index is 0.283. The third kappa shape index (κ3) is 5.94. The van der Waals surface area contributed by atoms with Crippen LogP contribution in [-0.2, 0) is 28.6 Å². The fourth-order valence-electron chi connectivity index (χ4n) is 3.15. The maximum Gasteiger partial charge on any atom is 0.303 e. The van der Waals surface area contributed by atoms with E-state index in [4.69, 9.17) is 18.9 Å². The van der Waals surface area contributed by atoms with Crippen molar-refractivity contribution in [1.29, 1.82) is 0 Å². The SMILES string of the molecule is CC(=O)O[C@@H]1[C@@H](OC(C)=O)[C@H](OC(C)=O)CS[C@H]1Oc1cccnc1-c1ccncc1. The Morgan fingerprint density at radius 1 is 0.903 bits per heavy atom. The summed E-state index contributed by atoms with van der Waals surface area (Å²) in [7, 11) is 0. The van der Waals surface area contributed by atoms with E-state index < -0.39 is 41.7 Å². The molecule has 9 nitrogen and oxygen atoms in total. The minimum Gasteiger partial charge on any atom is -0.473 e. The highest BCUT2D eigenvalue weighted by molar-refractivity contribution is 7.99. The Labute approximate surface area is 183 Å².